The van der Waals surface area contributed by atoms with E-state index in [-0.39, 0.29) is 14.4 Å². The number of rotatable bonds is 5. The van der Waals surface area contributed by atoms with Crippen LogP contribution in [0.2, 0.25) is 0 Å². The van der Waals surface area contributed by atoms with Gasteiger partial charge < -0.3 is 4.74 Å². The molecule has 150 valence electrons. The number of benzene rings is 3. The van der Waals surface area contributed by atoms with Crippen molar-refractivity contribution < 1.29 is 16.4 Å². The lowest BCUT2D eigenvalue weighted by atomic mass is 9.83. The van der Waals surface area contributed by atoms with Crippen LogP contribution in [0.4, 0.5) is 8.78 Å². The SMILES string of the molecule is C#COc1ccc2c(c1F)CCc1c-2ccc(-c2ccc(CCCC)cc2)c1F.[HH].[HH]. The molecule has 0 bridgehead atoms. The highest BCUT2D eigenvalue weighted by Gasteiger charge is 2.25. The van der Waals surface area contributed by atoms with Crippen molar-refractivity contribution in [3.8, 4) is 40.5 Å². The summed E-state index contributed by atoms with van der Waals surface area (Å²) in [6.07, 6.45) is 11.3. The number of ether oxygens (including phenoxy) is 1. The van der Waals surface area contributed by atoms with Crippen LogP contribution in [0.25, 0.3) is 22.3 Å². The fourth-order valence-corrected chi connectivity index (χ4v) is 4.06. The molecule has 0 aliphatic heterocycles. The minimum atomic E-state index is -0.460. The van der Waals surface area contributed by atoms with E-state index in [0.717, 1.165) is 30.4 Å². The quantitative estimate of drug-likeness (QED) is 0.417. The van der Waals surface area contributed by atoms with E-state index in [1.54, 1.807) is 12.1 Å². The summed E-state index contributed by atoms with van der Waals surface area (Å²) in [7, 11) is 0. The first-order chi connectivity index (χ1) is 14.1. The highest BCUT2D eigenvalue weighted by molar-refractivity contribution is 5.78. The minimum Gasteiger partial charge on any atom is -0.405 e. The van der Waals surface area contributed by atoms with Crippen LogP contribution < -0.4 is 4.74 Å². The minimum absolute atomic E-state index is 0. The van der Waals surface area contributed by atoms with Crippen LogP contribution >= 0.6 is 0 Å². The van der Waals surface area contributed by atoms with Crippen molar-refractivity contribution in [2.75, 3.05) is 0 Å². The number of fused-ring (bicyclic) bond motifs is 3. The Morgan fingerprint density at radius 2 is 1.52 bits per heavy atom. The molecule has 4 rings (SSSR count). The number of hydrogen-bond acceptors (Lipinski definition) is 1. The summed E-state index contributed by atoms with van der Waals surface area (Å²) in [5.41, 5.74) is 5.31. The zero-order valence-electron chi connectivity index (χ0n) is 16.4. The van der Waals surface area contributed by atoms with Crippen molar-refractivity contribution in [3.05, 3.63) is 76.9 Å². The zero-order chi connectivity index (χ0) is 20.4. The summed E-state index contributed by atoms with van der Waals surface area (Å²) in [5.74, 6) is -0.646. The van der Waals surface area contributed by atoms with Crippen LogP contribution in [-0.2, 0) is 19.3 Å². The van der Waals surface area contributed by atoms with E-state index in [0.29, 0.717) is 35.1 Å². The summed E-state index contributed by atoms with van der Waals surface area (Å²) in [4.78, 5) is 0. The second-order valence-electron chi connectivity index (χ2n) is 7.38. The van der Waals surface area contributed by atoms with Crippen LogP contribution in [0.5, 0.6) is 5.75 Å². The molecule has 0 spiro atoms. The largest absolute Gasteiger partial charge is 0.405 e. The molecule has 3 heteroatoms. The third-order valence-electron chi connectivity index (χ3n) is 5.62. The van der Waals surface area contributed by atoms with E-state index in [9.17, 15) is 4.39 Å². The van der Waals surface area contributed by atoms with Crippen LogP contribution in [0.1, 0.15) is 39.3 Å². The van der Waals surface area contributed by atoms with E-state index >= 15 is 4.39 Å². The third kappa shape index (κ3) is 3.51. The van der Waals surface area contributed by atoms with Crippen LogP contribution in [-0.4, -0.2) is 0 Å². The van der Waals surface area contributed by atoms with Crippen LogP contribution in [0.3, 0.4) is 0 Å². The smallest absolute Gasteiger partial charge is 0.176 e. The van der Waals surface area contributed by atoms with E-state index in [1.165, 1.54) is 11.6 Å². The van der Waals surface area contributed by atoms with Gasteiger partial charge in [-0.1, -0.05) is 62.2 Å². The molecule has 0 radical (unpaired) electrons. The Bertz CT molecular complexity index is 1100. The van der Waals surface area contributed by atoms with E-state index < -0.39 is 5.82 Å². The number of halogens is 2. The Labute approximate surface area is 173 Å². The molecule has 29 heavy (non-hydrogen) atoms. The van der Waals surface area contributed by atoms with Gasteiger partial charge in [0.1, 0.15) is 11.9 Å². The molecular formula is C26H26F2O. The maximum Gasteiger partial charge on any atom is 0.176 e. The first kappa shape index (κ1) is 19.2. The van der Waals surface area contributed by atoms with Crippen LogP contribution in [0.15, 0.2) is 48.5 Å². The monoisotopic (exact) mass is 392 g/mol. The highest BCUT2D eigenvalue weighted by Crippen LogP contribution is 2.41. The Hall–Kier alpha value is -3.12. The van der Waals surface area contributed by atoms with Crippen molar-refractivity contribution in [2.45, 2.75) is 39.0 Å². The Morgan fingerprint density at radius 1 is 0.897 bits per heavy atom. The molecule has 1 aliphatic rings. The molecule has 1 nitrogen and oxygen atoms in total. The number of unbranched alkanes of at least 4 members (excludes halogenated alkanes) is 1. The van der Waals surface area contributed by atoms with Gasteiger partial charge in [-0.3, -0.25) is 0 Å². The molecule has 1 aliphatic carbocycles. The highest BCUT2D eigenvalue weighted by atomic mass is 19.1. The summed E-state index contributed by atoms with van der Waals surface area (Å²) >= 11 is 0. The van der Waals surface area contributed by atoms with Crippen molar-refractivity contribution in [2.24, 2.45) is 0 Å². The molecule has 0 amide bonds. The molecule has 0 heterocycles. The summed E-state index contributed by atoms with van der Waals surface area (Å²) in [5, 5.41) is 0. The zero-order valence-corrected chi connectivity index (χ0v) is 16.4. The first-order valence-electron chi connectivity index (χ1n) is 9.99. The van der Waals surface area contributed by atoms with Crippen molar-refractivity contribution in [1.82, 2.24) is 0 Å². The van der Waals surface area contributed by atoms with Gasteiger partial charge in [0.05, 0.1) is 0 Å². The average molecular weight is 392 g/mol. The number of aryl methyl sites for hydroxylation is 1. The molecule has 0 fully saturated rings. The molecule has 0 saturated heterocycles. The van der Waals surface area contributed by atoms with Gasteiger partial charge in [0.25, 0.3) is 0 Å². The van der Waals surface area contributed by atoms with Crippen molar-refractivity contribution in [3.63, 3.8) is 0 Å². The molecule has 0 unspecified atom stereocenters. The predicted molar refractivity (Wildman–Crippen MR) is 117 cm³/mol. The molecule has 0 aromatic heterocycles. The lowest BCUT2D eigenvalue weighted by Gasteiger charge is -2.23. The van der Waals surface area contributed by atoms with Gasteiger partial charge in [0.15, 0.2) is 11.6 Å². The molecule has 3 aromatic carbocycles. The van der Waals surface area contributed by atoms with E-state index in [4.69, 9.17) is 11.2 Å². The van der Waals surface area contributed by atoms with Crippen molar-refractivity contribution >= 4 is 0 Å². The summed E-state index contributed by atoms with van der Waals surface area (Å²) in [6.45, 7) is 2.17. The third-order valence-corrected chi connectivity index (χ3v) is 5.62. The Kier molecular flexibility index (Phi) is 5.36. The second kappa shape index (κ2) is 8.09. The van der Waals surface area contributed by atoms with Gasteiger partial charge in [-0.15, -0.1) is 0 Å². The van der Waals surface area contributed by atoms with Gasteiger partial charge in [0, 0.05) is 8.42 Å². The van der Waals surface area contributed by atoms with Gasteiger partial charge >= 0.3 is 0 Å². The number of terminal acetylenes is 1. The van der Waals surface area contributed by atoms with Gasteiger partial charge in [-0.2, -0.15) is 0 Å². The van der Waals surface area contributed by atoms with Crippen molar-refractivity contribution in [1.29, 1.82) is 0 Å². The van der Waals surface area contributed by atoms with Crippen LogP contribution in [0, 0.1) is 24.2 Å². The lowest BCUT2D eigenvalue weighted by Crippen LogP contribution is -2.10. The Morgan fingerprint density at radius 3 is 2.17 bits per heavy atom. The normalized spacial score (nSPS) is 12.1. The number of hydrogen-bond donors (Lipinski definition) is 0. The van der Waals surface area contributed by atoms with Gasteiger partial charge in [-0.05, 0) is 65.1 Å². The van der Waals surface area contributed by atoms with Gasteiger partial charge in [-0.25, -0.2) is 8.78 Å². The Balaban J connectivity index is 0.00000171. The van der Waals surface area contributed by atoms with E-state index in [2.05, 4.69) is 19.1 Å². The molecule has 0 N–H and O–H groups in total. The fourth-order valence-electron chi connectivity index (χ4n) is 4.06. The fraction of sp³-hybridized carbons (Fsp3) is 0.231. The second-order valence-corrected chi connectivity index (χ2v) is 7.38. The maximum absolute atomic E-state index is 15.4. The van der Waals surface area contributed by atoms with Gasteiger partial charge in [0.2, 0.25) is 0 Å². The summed E-state index contributed by atoms with van der Waals surface area (Å²) in [6, 6.07) is 15.0. The summed E-state index contributed by atoms with van der Waals surface area (Å²) < 4.78 is 35.0. The average Bonchev–Trinajstić information content (AvgIpc) is 2.75. The molecular weight excluding hydrogens is 366 g/mol. The van der Waals surface area contributed by atoms with E-state index in [1.807, 2.05) is 24.3 Å². The first-order valence-corrected chi connectivity index (χ1v) is 9.99. The topological polar surface area (TPSA) is 9.23 Å². The predicted octanol–water partition coefficient (Wildman–Crippen LogP) is 7.20. The molecule has 0 atom stereocenters. The lowest BCUT2D eigenvalue weighted by molar-refractivity contribution is 0.464. The maximum atomic E-state index is 15.4. The molecule has 3 aromatic rings. The molecule has 0 saturated carbocycles. The standard InChI is InChI=1S/C26H22F2O.2H2/c1-3-5-6-17-7-9-18(10-8-17)19-11-12-20-21-15-16-24(29-4-2)26(28)23(21)14-13-22(20)25(19)27;;/h2,7-12,15-16H,3,5-6,13-14H2,1H3;2*1H.